The number of rotatable bonds is 4. The van der Waals surface area contributed by atoms with Gasteiger partial charge in [0.05, 0.1) is 4.34 Å². The van der Waals surface area contributed by atoms with Crippen molar-refractivity contribution in [3.05, 3.63) is 56.2 Å². The Labute approximate surface area is 118 Å². The summed E-state index contributed by atoms with van der Waals surface area (Å²) in [6, 6.07) is 11.1. The fourth-order valence-corrected chi connectivity index (χ4v) is 3.45. The highest BCUT2D eigenvalue weighted by Gasteiger charge is 2.12. The van der Waals surface area contributed by atoms with E-state index in [1.54, 1.807) is 11.3 Å². The Bertz CT molecular complexity index is 513. The molecule has 0 saturated carbocycles. The van der Waals surface area contributed by atoms with Gasteiger partial charge in [-0.1, -0.05) is 40.9 Å². The average Bonchev–Trinajstić information content (AvgIpc) is 2.71. The van der Waals surface area contributed by atoms with Crippen LogP contribution in [0.3, 0.4) is 0 Å². The fraction of sp³-hybridized carbons (Fsp3) is 0.333. The van der Waals surface area contributed by atoms with Gasteiger partial charge in [-0.25, -0.2) is 0 Å². The number of hydrogen-bond acceptors (Lipinski definition) is 2. The first-order valence-corrected chi connectivity index (χ1v) is 7.27. The zero-order chi connectivity index (χ0) is 13.1. The highest BCUT2D eigenvalue weighted by molar-refractivity contribution is 7.16. The number of aryl methyl sites for hydroxylation is 2. The van der Waals surface area contributed by atoms with E-state index in [4.69, 9.17) is 11.6 Å². The van der Waals surface area contributed by atoms with E-state index in [1.165, 1.54) is 21.6 Å². The molecule has 0 radical (unpaired) electrons. The van der Waals surface area contributed by atoms with Crippen LogP contribution in [0.4, 0.5) is 0 Å². The Kier molecular flexibility index (Phi) is 4.44. The summed E-state index contributed by atoms with van der Waals surface area (Å²) in [6.45, 7) is 4.29. The Hall–Kier alpha value is -0.830. The highest BCUT2D eigenvalue weighted by Crippen LogP contribution is 2.29. The molecule has 3 heteroatoms. The molecular formula is C15H18ClNS. The molecule has 1 N–H and O–H groups in total. The van der Waals surface area contributed by atoms with E-state index in [-0.39, 0.29) is 0 Å². The van der Waals surface area contributed by atoms with Crippen LogP contribution in [-0.2, 0) is 6.42 Å². The van der Waals surface area contributed by atoms with Crippen molar-refractivity contribution in [2.45, 2.75) is 26.3 Å². The summed E-state index contributed by atoms with van der Waals surface area (Å²) < 4.78 is 0.852. The number of nitrogens with one attached hydrogen (secondary N) is 1. The van der Waals surface area contributed by atoms with Crippen molar-refractivity contribution in [2.24, 2.45) is 0 Å². The van der Waals surface area contributed by atoms with Gasteiger partial charge in [0, 0.05) is 10.9 Å². The van der Waals surface area contributed by atoms with Crippen molar-refractivity contribution >= 4 is 22.9 Å². The summed E-state index contributed by atoms with van der Waals surface area (Å²) in [7, 11) is 2.00. The molecular weight excluding hydrogens is 262 g/mol. The molecule has 96 valence electrons. The second-order valence-electron chi connectivity index (χ2n) is 4.68. The van der Waals surface area contributed by atoms with Gasteiger partial charge < -0.3 is 5.32 Å². The molecule has 0 saturated heterocycles. The monoisotopic (exact) mass is 279 g/mol. The molecule has 0 amide bonds. The molecule has 1 heterocycles. The summed E-state index contributed by atoms with van der Waals surface area (Å²) in [5, 5.41) is 3.37. The van der Waals surface area contributed by atoms with Crippen LogP contribution >= 0.6 is 22.9 Å². The molecule has 1 atom stereocenters. The van der Waals surface area contributed by atoms with Gasteiger partial charge in [-0.2, -0.15) is 0 Å². The summed E-state index contributed by atoms with van der Waals surface area (Å²) in [5.74, 6) is 0. The normalized spacial score (nSPS) is 12.7. The molecule has 18 heavy (non-hydrogen) atoms. The van der Waals surface area contributed by atoms with E-state index in [0.29, 0.717) is 6.04 Å². The number of halogens is 1. The van der Waals surface area contributed by atoms with Crippen LogP contribution in [0.2, 0.25) is 4.34 Å². The van der Waals surface area contributed by atoms with Gasteiger partial charge >= 0.3 is 0 Å². The Morgan fingerprint density at radius 2 is 1.83 bits per heavy atom. The van der Waals surface area contributed by atoms with E-state index in [0.717, 1.165) is 10.8 Å². The summed E-state index contributed by atoms with van der Waals surface area (Å²) in [6.07, 6.45) is 0.996. The van der Waals surface area contributed by atoms with Gasteiger partial charge in [0.2, 0.25) is 0 Å². The second-order valence-corrected chi connectivity index (χ2v) is 6.43. The first-order chi connectivity index (χ1) is 8.58. The fourth-order valence-electron chi connectivity index (χ4n) is 2.28. The molecule has 1 unspecified atom stereocenters. The number of thiophene rings is 1. The molecule has 0 bridgehead atoms. The van der Waals surface area contributed by atoms with Gasteiger partial charge in [0.25, 0.3) is 0 Å². The van der Waals surface area contributed by atoms with E-state index in [1.807, 2.05) is 13.1 Å². The van der Waals surface area contributed by atoms with Gasteiger partial charge in [0.15, 0.2) is 0 Å². The third kappa shape index (κ3) is 3.35. The predicted molar refractivity (Wildman–Crippen MR) is 80.7 cm³/mol. The first-order valence-electron chi connectivity index (χ1n) is 6.08. The van der Waals surface area contributed by atoms with E-state index in [9.17, 15) is 0 Å². The molecule has 2 aromatic rings. The molecule has 2 rings (SSSR count). The number of hydrogen-bond donors (Lipinski definition) is 1. The van der Waals surface area contributed by atoms with Crippen molar-refractivity contribution < 1.29 is 0 Å². The SMILES string of the molecule is CNC(Cc1cc(C)cc(C)c1)c1ccc(Cl)s1. The zero-order valence-corrected chi connectivity index (χ0v) is 12.5. The number of likely N-dealkylation sites (N-methyl/N-ethyl adjacent to an activating group) is 1. The number of benzene rings is 1. The van der Waals surface area contributed by atoms with Crippen LogP contribution < -0.4 is 5.32 Å². The van der Waals surface area contributed by atoms with Crippen molar-refractivity contribution in [2.75, 3.05) is 7.05 Å². The topological polar surface area (TPSA) is 12.0 Å². The van der Waals surface area contributed by atoms with Crippen molar-refractivity contribution in [3.63, 3.8) is 0 Å². The lowest BCUT2D eigenvalue weighted by Crippen LogP contribution is -2.17. The molecule has 0 spiro atoms. The van der Waals surface area contributed by atoms with Crippen molar-refractivity contribution in [1.29, 1.82) is 0 Å². The zero-order valence-electron chi connectivity index (χ0n) is 11.0. The average molecular weight is 280 g/mol. The van der Waals surface area contributed by atoms with Crippen LogP contribution in [0.25, 0.3) is 0 Å². The second kappa shape index (κ2) is 5.87. The summed E-state index contributed by atoms with van der Waals surface area (Å²) in [5.41, 5.74) is 4.02. The van der Waals surface area contributed by atoms with Crippen LogP contribution in [0.15, 0.2) is 30.3 Å². The van der Waals surface area contributed by atoms with Gasteiger partial charge in [0.1, 0.15) is 0 Å². The van der Waals surface area contributed by atoms with Gasteiger partial charge in [-0.15, -0.1) is 11.3 Å². The summed E-state index contributed by atoms with van der Waals surface area (Å²) >= 11 is 7.66. The van der Waals surface area contributed by atoms with Crippen LogP contribution in [0, 0.1) is 13.8 Å². The standard InChI is InChI=1S/C15H18ClNS/c1-10-6-11(2)8-12(7-10)9-13(17-3)14-4-5-15(16)18-14/h4-8,13,17H,9H2,1-3H3. The van der Waals surface area contributed by atoms with Crippen molar-refractivity contribution in [3.8, 4) is 0 Å². The molecule has 0 fully saturated rings. The minimum absolute atomic E-state index is 0.337. The maximum Gasteiger partial charge on any atom is 0.0931 e. The smallest absolute Gasteiger partial charge is 0.0931 e. The molecule has 1 nitrogen and oxygen atoms in total. The molecule has 1 aromatic heterocycles. The quantitative estimate of drug-likeness (QED) is 0.868. The predicted octanol–water partition coefficient (Wildman–Crippen LogP) is 4.52. The van der Waals surface area contributed by atoms with E-state index >= 15 is 0 Å². The first kappa shape index (κ1) is 13.6. The molecule has 0 aliphatic heterocycles. The Morgan fingerprint density at radius 1 is 1.17 bits per heavy atom. The highest BCUT2D eigenvalue weighted by atomic mass is 35.5. The maximum absolute atomic E-state index is 6.01. The van der Waals surface area contributed by atoms with Crippen LogP contribution in [0.1, 0.15) is 27.6 Å². The third-order valence-electron chi connectivity index (χ3n) is 3.01. The third-order valence-corrected chi connectivity index (χ3v) is 4.35. The van der Waals surface area contributed by atoms with Crippen LogP contribution in [-0.4, -0.2) is 7.05 Å². The molecule has 1 aromatic carbocycles. The lowest BCUT2D eigenvalue weighted by atomic mass is 10.0. The lowest BCUT2D eigenvalue weighted by Gasteiger charge is -2.15. The van der Waals surface area contributed by atoms with E-state index < -0.39 is 0 Å². The van der Waals surface area contributed by atoms with Crippen LogP contribution in [0.5, 0.6) is 0 Å². The van der Waals surface area contributed by atoms with Gasteiger partial charge in [-0.05, 0) is 45.0 Å². The minimum Gasteiger partial charge on any atom is -0.312 e. The largest absolute Gasteiger partial charge is 0.312 e. The Morgan fingerprint density at radius 3 is 2.33 bits per heavy atom. The van der Waals surface area contributed by atoms with E-state index in [2.05, 4.69) is 43.4 Å². The maximum atomic E-state index is 6.01. The summed E-state index contributed by atoms with van der Waals surface area (Å²) in [4.78, 5) is 1.29. The Balaban J connectivity index is 2.20. The van der Waals surface area contributed by atoms with Gasteiger partial charge in [-0.3, -0.25) is 0 Å². The molecule has 0 aliphatic rings. The minimum atomic E-state index is 0.337. The molecule has 0 aliphatic carbocycles. The lowest BCUT2D eigenvalue weighted by molar-refractivity contribution is 0.602. The van der Waals surface area contributed by atoms with Crippen molar-refractivity contribution in [1.82, 2.24) is 5.32 Å².